The predicted molar refractivity (Wildman–Crippen MR) is 95.6 cm³/mol. The Bertz CT molecular complexity index is 491. The van der Waals surface area contributed by atoms with Crippen LogP contribution in [0.25, 0.3) is 0 Å². The van der Waals surface area contributed by atoms with Crippen LogP contribution in [0.5, 0.6) is 5.75 Å². The average molecular weight is 342 g/mol. The van der Waals surface area contributed by atoms with Gasteiger partial charge in [-0.05, 0) is 37.1 Å². The molecule has 1 aliphatic rings. The second-order valence-corrected chi connectivity index (χ2v) is 5.79. The summed E-state index contributed by atoms with van der Waals surface area (Å²) in [4.78, 5) is 14.1. The van der Waals surface area contributed by atoms with Crippen molar-refractivity contribution >= 4 is 18.3 Å². The number of hydrogen-bond donors (Lipinski definition) is 2. The van der Waals surface area contributed by atoms with Crippen LogP contribution in [-0.4, -0.2) is 56.7 Å². The molecule has 1 heterocycles. The van der Waals surface area contributed by atoms with Crippen molar-refractivity contribution in [3.8, 4) is 5.75 Å². The van der Waals surface area contributed by atoms with Gasteiger partial charge in [-0.3, -0.25) is 9.69 Å². The van der Waals surface area contributed by atoms with Gasteiger partial charge in [0.2, 0.25) is 5.91 Å². The van der Waals surface area contributed by atoms with E-state index >= 15 is 0 Å². The maximum atomic E-state index is 11.8. The molecule has 5 nitrogen and oxygen atoms in total. The van der Waals surface area contributed by atoms with E-state index in [0.29, 0.717) is 19.6 Å². The van der Waals surface area contributed by atoms with Gasteiger partial charge >= 0.3 is 0 Å². The first-order valence-electron chi connectivity index (χ1n) is 8.05. The van der Waals surface area contributed by atoms with Crippen LogP contribution in [0.4, 0.5) is 0 Å². The van der Waals surface area contributed by atoms with Crippen LogP contribution >= 0.6 is 12.4 Å². The molecular formula is C17H28ClN3O2. The van der Waals surface area contributed by atoms with Gasteiger partial charge in [-0.2, -0.15) is 0 Å². The molecule has 0 aliphatic carbocycles. The number of rotatable bonds is 7. The minimum absolute atomic E-state index is 0. The number of nitrogens with one attached hydrogen (secondary N) is 2. The summed E-state index contributed by atoms with van der Waals surface area (Å²) in [5.41, 5.74) is 2.45. The van der Waals surface area contributed by atoms with Crippen molar-refractivity contribution in [2.75, 3.05) is 45.9 Å². The van der Waals surface area contributed by atoms with Gasteiger partial charge in [0.1, 0.15) is 5.75 Å². The second-order valence-electron chi connectivity index (χ2n) is 5.79. The fraction of sp³-hybridized carbons (Fsp3) is 0.588. The summed E-state index contributed by atoms with van der Waals surface area (Å²) in [5, 5.41) is 6.27. The zero-order chi connectivity index (χ0) is 15.8. The first-order valence-corrected chi connectivity index (χ1v) is 8.05. The van der Waals surface area contributed by atoms with Crippen molar-refractivity contribution in [3.63, 3.8) is 0 Å². The molecule has 1 aromatic rings. The summed E-state index contributed by atoms with van der Waals surface area (Å²) in [7, 11) is 0. The molecule has 1 aromatic carbocycles. The van der Waals surface area contributed by atoms with Crippen molar-refractivity contribution in [3.05, 3.63) is 29.3 Å². The third-order valence-corrected chi connectivity index (χ3v) is 4.04. The van der Waals surface area contributed by atoms with E-state index in [1.807, 2.05) is 18.2 Å². The minimum atomic E-state index is 0. The van der Waals surface area contributed by atoms with E-state index in [4.69, 9.17) is 4.74 Å². The second kappa shape index (κ2) is 10.5. The number of benzene rings is 1. The highest BCUT2D eigenvalue weighted by molar-refractivity contribution is 5.85. The number of aryl methyl sites for hydroxylation is 2. The Kier molecular flexibility index (Phi) is 8.99. The number of nitrogens with zero attached hydrogens (tertiary/aromatic N) is 1. The number of carbonyl (C=O) groups is 1. The quantitative estimate of drug-likeness (QED) is 0.789. The van der Waals surface area contributed by atoms with Gasteiger partial charge in [0, 0.05) is 39.3 Å². The Labute approximate surface area is 145 Å². The summed E-state index contributed by atoms with van der Waals surface area (Å²) >= 11 is 0. The van der Waals surface area contributed by atoms with E-state index in [9.17, 15) is 4.79 Å². The van der Waals surface area contributed by atoms with Crippen molar-refractivity contribution in [1.29, 1.82) is 0 Å². The van der Waals surface area contributed by atoms with E-state index in [1.54, 1.807) is 0 Å². The monoisotopic (exact) mass is 341 g/mol. The SMILES string of the molecule is Cc1ccc(OCCC(=O)NCCN2CCNCC2)cc1C.Cl. The van der Waals surface area contributed by atoms with Crippen molar-refractivity contribution in [2.45, 2.75) is 20.3 Å². The Hall–Kier alpha value is -1.30. The molecule has 0 aromatic heterocycles. The lowest BCUT2D eigenvalue weighted by Gasteiger charge is -2.27. The zero-order valence-electron chi connectivity index (χ0n) is 14.1. The molecule has 0 atom stereocenters. The molecule has 0 spiro atoms. The standard InChI is InChI=1S/C17H27N3O2.ClH/c1-14-3-4-16(13-15(14)2)22-12-5-17(21)19-8-11-20-9-6-18-7-10-20;/h3-4,13,18H,5-12H2,1-2H3,(H,19,21);1H. The summed E-state index contributed by atoms with van der Waals surface area (Å²) in [6.45, 7) is 10.4. The molecule has 0 radical (unpaired) electrons. The summed E-state index contributed by atoms with van der Waals surface area (Å²) in [6.07, 6.45) is 0.397. The largest absolute Gasteiger partial charge is 0.493 e. The molecule has 0 saturated carbocycles. The number of piperazine rings is 1. The van der Waals surface area contributed by atoms with Crippen molar-refractivity contribution in [2.24, 2.45) is 0 Å². The normalized spacial score (nSPS) is 14.9. The molecule has 130 valence electrons. The van der Waals surface area contributed by atoms with Crippen LogP contribution in [0, 0.1) is 13.8 Å². The van der Waals surface area contributed by atoms with E-state index in [1.165, 1.54) is 11.1 Å². The number of amides is 1. The van der Waals surface area contributed by atoms with E-state index in [-0.39, 0.29) is 18.3 Å². The van der Waals surface area contributed by atoms with Gasteiger partial charge in [0.15, 0.2) is 0 Å². The zero-order valence-corrected chi connectivity index (χ0v) is 14.9. The summed E-state index contributed by atoms with van der Waals surface area (Å²) < 4.78 is 5.63. The van der Waals surface area contributed by atoms with E-state index < -0.39 is 0 Å². The van der Waals surface area contributed by atoms with Gasteiger partial charge in [-0.25, -0.2) is 0 Å². The molecule has 1 aliphatic heterocycles. The number of hydrogen-bond acceptors (Lipinski definition) is 4. The molecule has 2 N–H and O–H groups in total. The lowest BCUT2D eigenvalue weighted by atomic mass is 10.1. The third kappa shape index (κ3) is 7.20. The molecule has 0 unspecified atom stereocenters. The summed E-state index contributed by atoms with van der Waals surface area (Å²) in [6, 6.07) is 6.00. The number of halogens is 1. The van der Waals surface area contributed by atoms with Crippen LogP contribution in [0.2, 0.25) is 0 Å². The van der Waals surface area contributed by atoms with Gasteiger partial charge in [-0.15, -0.1) is 12.4 Å². The highest BCUT2D eigenvalue weighted by Gasteiger charge is 2.09. The Balaban J connectivity index is 0.00000264. The maximum absolute atomic E-state index is 11.8. The van der Waals surface area contributed by atoms with Gasteiger partial charge in [0.05, 0.1) is 13.0 Å². The van der Waals surface area contributed by atoms with Gasteiger partial charge < -0.3 is 15.4 Å². The fourth-order valence-corrected chi connectivity index (χ4v) is 2.44. The number of carbonyl (C=O) groups excluding carboxylic acids is 1. The van der Waals surface area contributed by atoms with Crippen LogP contribution in [-0.2, 0) is 4.79 Å². The lowest BCUT2D eigenvalue weighted by Crippen LogP contribution is -2.46. The number of ether oxygens (including phenoxy) is 1. The highest BCUT2D eigenvalue weighted by Crippen LogP contribution is 2.16. The van der Waals surface area contributed by atoms with Crippen molar-refractivity contribution in [1.82, 2.24) is 15.5 Å². The maximum Gasteiger partial charge on any atom is 0.223 e. The van der Waals surface area contributed by atoms with Crippen LogP contribution < -0.4 is 15.4 Å². The van der Waals surface area contributed by atoms with E-state index in [0.717, 1.165) is 38.5 Å². The molecule has 6 heteroatoms. The van der Waals surface area contributed by atoms with Gasteiger partial charge in [-0.1, -0.05) is 6.07 Å². The molecule has 1 saturated heterocycles. The first-order chi connectivity index (χ1) is 10.6. The minimum Gasteiger partial charge on any atom is -0.493 e. The Morgan fingerprint density at radius 1 is 1.26 bits per heavy atom. The van der Waals surface area contributed by atoms with Gasteiger partial charge in [0.25, 0.3) is 0 Å². The lowest BCUT2D eigenvalue weighted by molar-refractivity contribution is -0.121. The topological polar surface area (TPSA) is 53.6 Å². The average Bonchev–Trinajstić information content (AvgIpc) is 2.52. The molecule has 1 amide bonds. The molecular weight excluding hydrogens is 314 g/mol. The molecule has 1 fully saturated rings. The smallest absolute Gasteiger partial charge is 0.223 e. The molecule has 0 bridgehead atoms. The van der Waals surface area contributed by atoms with Crippen LogP contribution in [0.3, 0.4) is 0 Å². The summed E-state index contributed by atoms with van der Waals surface area (Å²) in [5.74, 6) is 0.885. The van der Waals surface area contributed by atoms with E-state index in [2.05, 4.69) is 29.4 Å². The third-order valence-electron chi connectivity index (χ3n) is 4.04. The molecule has 23 heavy (non-hydrogen) atoms. The highest BCUT2D eigenvalue weighted by atomic mass is 35.5. The fourth-order valence-electron chi connectivity index (χ4n) is 2.44. The first kappa shape index (κ1) is 19.7. The van der Waals surface area contributed by atoms with Crippen LogP contribution in [0.15, 0.2) is 18.2 Å². The van der Waals surface area contributed by atoms with Crippen molar-refractivity contribution < 1.29 is 9.53 Å². The Morgan fingerprint density at radius 3 is 2.70 bits per heavy atom. The molecule has 2 rings (SSSR count). The van der Waals surface area contributed by atoms with Crippen LogP contribution in [0.1, 0.15) is 17.5 Å². The Morgan fingerprint density at radius 2 is 2.00 bits per heavy atom. The predicted octanol–water partition coefficient (Wildman–Crippen LogP) is 1.52.